The summed E-state index contributed by atoms with van der Waals surface area (Å²) in [6, 6.07) is 17.5. The summed E-state index contributed by atoms with van der Waals surface area (Å²) < 4.78 is 11.2. The first kappa shape index (κ1) is 31.5. The highest BCUT2D eigenvalue weighted by Crippen LogP contribution is 2.24. The molecule has 0 fully saturated rings. The zero-order valence-electron chi connectivity index (χ0n) is 22.6. The fourth-order valence-electron chi connectivity index (χ4n) is 4.19. The summed E-state index contributed by atoms with van der Waals surface area (Å²) in [5.41, 5.74) is 1.69. The molecule has 210 valence electrons. The minimum absolute atomic E-state index is 0.0801. The molecule has 3 N–H and O–H groups in total. The van der Waals surface area contributed by atoms with Crippen LogP contribution in [0.1, 0.15) is 42.9 Å². The molecular weight excluding hydrogens is 496 g/mol. The van der Waals surface area contributed by atoms with Crippen LogP contribution in [-0.2, 0) is 30.3 Å². The van der Waals surface area contributed by atoms with E-state index in [-0.39, 0.29) is 38.4 Å². The van der Waals surface area contributed by atoms with E-state index < -0.39 is 36.0 Å². The maximum Gasteiger partial charge on any atom is 0.306 e. The summed E-state index contributed by atoms with van der Waals surface area (Å²) in [7, 11) is 1.50. The average molecular weight is 537 g/mol. The molecule has 0 aromatic heterocycles. The van der Waals surface area contributed by atoms with Crippen molar-refractivity contribution in [3.8, 4) is 0 Å². The van der Waals surface area contributed by atoms with Crippen LogP contribution in [0.4, 0.5) is 0 Å². The number of amides is 2. The van der Waals surface area contributed by atoms with Crippen LogP contribution in [0.3, 0.4) is 0 Å². The highest BCUT2D eigenvalue weighted by molar-refractivity contribution is 5.86. The number of aliphatic hydroxyl groups excluding tert-OH is 1. The number of rotatable bonds is 18. The van der Waals surface area contributed by atoms with Crippen LogP contribution >= 0.6 is 0 Å². The summed E-state index contributed by atoms with van der Waals surface area (Å²) in [6.07, 6.45) is 3.68. The number of methoxy groups -OCH3 is 1. The Balaban J connectivity index is 2.14. The summed E-state index contributed by atoms with van der Waals surface area (Å²) in [6.45, 7) is 7.22. The third kappa shape index (κ3) is 11.3. The summed E-state index contributed by atoms with van der Waals surface area (Å²) in [5, 5.41) is 15.5. The van der Waals surface area contributed by atoms with Crippen LogP contribution in [0, 0.1) is 5.92 Å². The predicted octanol–water partition coefficient (Wildman–Crippen LogP) is 3.67. The maximum atomic E-state index is 13.4. The van der Waals surface area contributed by atoms with Crippen LogP contribution < -0.4 is 10.6 Å². The molecule has 4 atom stereocenters. The van der Waals surface area contributed by atoms with E-state index in [1.807, 2.05) is 60.7 Å². The van der Waals surface area contributed by atoms with Gasteiger partial charge in [-0.3, -0.25) is 14.4 Å². The molecule has 0 spiro atoms. The average Bonchev–Trinajstić information content (AvgIpc) is 2.95. The number of carbonyl (C=O) groups is 3. The molecule has 0 unspecified atom stereocenters. The molecule has 2 aromatic carbocycles. The van der Waals surface area contributed by atoms with E-state index in [0.29, 0.717) is 18.4 Å². The molecule has 0 aliphatic rings. The molecule has 0 saturated heterocycles. The lowest BCUT2D eigenvalue weighted by atomic mass is 9.97. The van der Waals surface area contributed by atoms with Crippen molar-refractivity contribution in [2.45, 2.75) is 50.3 Å². The first-order valence-electron chi connectivity index (χ1n) is 13.1. The smallest absolute Gasteiger partial charge is 0.306 e. The van der Waals surface area contributed by atoms with Gasteiger partial charge in [0.2, 0.25) is 11.8 Å². The number of nitrogens with one attached hydrogen (secondary N) is 2. The highest BCUT2D eigenvalue weighted by Gasteiger charge is 2.31. The van der Waals surface area contributed by atoms with Crippen molar-refractivity contribution in [2.75, 3.05) is 20.3 Å². The molecule has 2 rings (SSSR count). The predicted molar refractivity (Wildman–Crippen MR) is 151 cm³/mol. The Hall–Kier alpha value is -3.75. The highest BCUT2D eigenvalue weighted by atomic mass is 16.5. The molecule has 0 aliphatic heterocycles. The molecule has 2 aromatic rings. The molecular formula is C31H40N2O6. The van der Waals surface area contributed by atoms with Gasteiger partial charge in [0.05, 0.1) is 31.2 Å². The van der Waals surface area contributed by atoms with Gasteiger partial charge in [-0.2, -0.15) is 0 Å². The van der Waals surface area contributed by atoms with Gasteiger partial charge in [-0.15, -0.1) is 13.2 Å². The Morgan fingerprint density at radius 2 is 1.64 bits per heavy atom. The van der Waals surface area contributed by atoms with Crippen molar-refractivity contribution < 1.29 is 29.0 Å². The number of hydrogen-bond acceptors (Lipinski definition) is 6. The molecule has 0 radical (unpaired) electrons. The summed E-state index contributed by atoms with van der Waals surface area (Å²) >= 11 is 0. The quantitative estimate of drug-likeness (QED) is 0.198. The van der Waals surface area contributed by atoms with Gasteiger partial charge >= 0.3 is 5.97 Å². The number of benzene rings is 2. The van der Waals surface area contributed by atoms with Crippen molar-refractivity contribution in [1.29, 1.82) is 0 Å². The van der Waals surface area contributed by atoms with Crippen molar-refractivity contribution in [3.63, 3.8) is 0 Å². The second-order valence-corrected chi connectivity index (χ2v) is 9.28. The number of hydrogen-bond donors (Lipinski definition) is 3. The lowest BCUT2D eigenvalue weighted by Gasteiger charge is -2.29. The van der Waals surface area contributed by atoms with E-state index in [4.69, 9.17) is 9.47 Å². The topological polar surface area (TPSA) is 114 Å². The van der Waals surface area contributed by atoms with Gasteiger partial charge in [-0.05, 0) is 30.4 Å². The van der Waals surface area contributed by atoms with Crippen LogP contribution in [0.15, 0.2) is 86.0 Å². The van der Waals surface area contributed by atoms with Gasteiger partial charge in [0.1, 0.15) is 6.10 Å². The Morgan fingerprint density at radius 1 is 0.974 bits per heavy atom. The fourth-order valence-corrected chi connectivity index (χ4v) is 4.19. The molecule has 8 nitrogen and oxygen atoms in total. The normalized spacial score (nSPS) is 13.8. The second kappa shape index (κ2) is 17.7. The first-order chi connectivity index (χ1) is 18.9. The zero-order chi connectivity index (χ0) is 28.5. The molecule has 0 heterocycles. The second-order valence-electron chi connectivity index (χ2n) is 9.28. The molecule has 39 heavy (non-hydrogen) atoms. The first-order valence-corrected chi connectivity index (χ1v) is 13.1. The Morgan fingerprint density at radius 3 is 2.23 bits per heavy atom. The summed E-state index contributed by atoms with van der Waals surface area (Å²) in [4.78, 5) is 38.8. The standard InChI is InChI=1S/C31H40N2O6/c1-4-6-18-29(36)39-30(24-16-11-8-12-17-24)27(22-38-3)33-31(37)25(13-5-2)20-28(35)32-26(21-34)19-23-14-9-7-10-15-23/h4-5,7-12,14-17,25-27,30,34H,1-2,6,13,18-22H2,3H3,(H,32,35)(H,33,37)/t25-,26-,27+,30+/m1/s1. The summed E-state index contributed by atoms with van der Waals surface area (Å²) in [5.74, 6) is -1.88. The van der Waals surface area contributed by atoms with Crippen molar-refractivity contribution in [3.05, 3.63) is 97.1 Å². The van der Waals surface area contributed by atoms with Crippen molar-refractivity contribution in [2.24, 2.45) is 5.92 Å². The lowest BCUT2D eigenvalue weighted by Crippen LogP contribution is -2.47. The largest absolute Gasteiger partial charge is 0.455 e. The molecule has 8 heteroatoms. The Bertz CT molecular complexity index is 1040. The van der Waals surface area contributed by atoms with Gasteiger partial charge < -0.3 is 25.2 Å². The van der Waals surface area contributed by atoms with E-state index in [9.17, 15) is 19.5 Å². The van der Waals surface area contributed by atoms with E-state index in [1.165, 1.54) is 7.11 Å². The lowest BCUT2D eigenvalue weighted by molar-refractivity contribution is -0.153. The van der Waals surface area contributed by atoms with Crippen LogP contribution in [0.2, 0.25) is 0 Å². The van der Waals surface area contributed by atoms with Gasteiger partial charge in [0.25, 0.3) is 0 Å². The van der Waals surface area contributed by atoms with Crippen LogP contribution in [0.5, 0.6) is 0 Å². The maximum absolute atomic E-state index is 13.4. The number of esters is 1. The minimum atomic E-state index is -0.796. The molecule has 0 bridgehead atoms. The van der Waals surface area contributed by atoms with E-state index in [2.05, 4.69) is 23.8 Å². The van der Waals surface area contributed by atoms with Gasteiger partial charge in [-0.25, -0.2) is 0 Å². The van der Waals surface area contributed by atoms with Gasteiger partial charge in [-0.1, -0.05) is 72.8 Å². The van der Waals surface area contributed by atoms with Crippen molar-refractivity contribution in [1.82, 2.24) is 10.6 Å². The van der Waals surface area contributed by atoms with E-state index in [1.54, 1.807) is 12.2 Å². The van der Waals surface area contributed by atoms with Crippen LogP contribution in [-0.4, -0.2) is 55.3 Å². The monoisotopic (exact) mass is 536 g/mol. The number of aliphatic hydroxyl groups is 1. The number of allylic oxidation sites excluding steroid dienone is 2. The fraction of sp³-hybridized carbons (Fsp3) is 0.387. The number of ether oxygens (including phenoxy) is 2. The van der Waals surface area contributed by atoms with Gasteiger partial charge in [0, 0.05) is 20.0 Å². The Labute approximate surface area is 231 Å². The molecule has 2 amide bonds. The van der Waals surface area contributed by atoms with Crippen molar-refractivity contribution >= 4 is 17.8 Å². The SMILES string of the molecule is C=CCCC(=O)O[C@@H](c1ccccc1)[C@H](COC)NC(=O)[C@H](CC=C)CC(=O)N[C@@H](CO)Cc1ccccc1. The van der Waals surface area contributed by atoms with E-state index >= 15 is 0 Å². The van der Waals surface area contributed by atoms with Crippen LogP contribution in [0.25, 0.3) is 0 Å². The molecule has 0 aliphatic carbocycles. The Kier molecular flexibility index (Phi) is 14.3. The van der Waals surface area contributed by atoms with Gasteiger partial charge in [0.15, 0.2) is 0 Å². The minimum Gasteiger partial charge on any atom is -0.455 e. The molecule has 0 saturated carbocycles. The third-order valence-electron chi connectivity index (χ3n) is 6.14. The number of carbonyl (C=O) groups excluding carboxylic acids is 3. The third-order valence-corrected chi connectivity index (χ3v) is 6.14. The van der Waals surface area contributed by atoms with E-state index in [0.717, 1.165) is 5.56 Å². The zero-order valence-corrected chi connectivity index (χ0v) is 22.6.